The van der Waals surface area contributed by atoms with Crippen LogP contribution in [0.25, 0.3) is 87.6 Å². The van der Waals surface area contributed by atoms with Gasteiger partial charge in [0.2, 0.25) is 0 Å². The molecule has 0 N–H and O–H groups in total. The van der Waals surface area contributed by atoms with E-state index < -0.39 is 0 Å². The van der Waals surface area contributed by atoms with E-state index in [0.717, 1.165) is 44.9 Å². The highest BCUT2D eigenvalue weighted by molar-refractivity contribution is 6.27. The minimum atomic E-state index is -0.0280. The Hall–Kier alpha value is -6.38. The molecule has 246 valence electrons. The quantitative estimate of drug-likeness (QED) is 0.171. The summed E-state index contributed by atoms with van der Waals surface area (Å²) in [6.45, 7) is 6.91. The molecule has 0 fully saturated rings. The van der Waals surface area contributed by atoms with Crippen molar-refractivity contribution in [2.24, 2.45) is 0 Å². The molecule has 2 heteroatoms. The van der Waals surface area contributed by atoms with Crippen LogP contribution in [0.15, 0.2) is 152 Å². The number of hydrogen-bond acceptors (Lipinski definition) is 2. The van der Waals surface area contributed by atoms with E-state index in [1.807, 2.05) is 12.1 Å². The summed E-state index contributed by atoms with van der Waals surface area (Å²) >= 11 is 0. The van der Waals surface area contributed by atoms with Crippen molar-refractivity contribution >= 4 is 43.1 Å². The van der Waals surface area contributed by atoms with Gasteiger partial charge in [-0.2, -0.15) is 0 Å². The fraction of sp³-hybridized carbons (Fsp3) is 0.0800. The molecule has 0 aliphatic carbocycles. The molecule has 9 aromatic rings. The highest BCUT2D eigenvalue weighted by Gasteiger charge is 2.27. The third-order valence-electron chi connectivity index (χ3n) is 11.2. The van der Waals surface area contributed by atoms with E-state index in [0.29, 0.717) is 0 Å². The van der Waals surface area contributed by atoms with Crippen LogP contribution in [-0.2, 0) is 5.41 Å². The second-order valence-corrected chi connectivity index (χ2v) is 15.2. The first-order chi connectivity index (χ1) is 25.4. The van der Waals surface area contributed by atoms with Crippen molar-refractivity contribution in [1.82, 2.24) is 0 Å². The van der Waals surface area contributed by atoms with Crippen molar-refractivity contribution in [2.45, 2.75) is 26.2 Å². The van der Waals surface area contributed by atoms with Crippen LogP contribution in [0, 0.1) is 0 Å². The van der Waals surface area contributed by atoms with Gasteiger partial charge in [0.15, 0.2) is 0 Å². The first kappa shape index (κ1) is 29.4. The van der Waals surface area contributed by atoms with E-state index in [1.165, 1.54) is 71.3 Å². The summed E-state index contributed by atoms with van der Waals surface area (Å²) in [6, 6.07) is 55.1. The van der Waals surface area contributed by atoms with Crippen LogP contribution in [-0.4, -0.2) is 0 Å². The van der Waals surface area contributed by atoms with E-state index in [2.05, 4.69) is 160 Å². The van der Waals surface area contributed by atoms with Crippen LogP contribution in [0.5, 0.6) is 23.0 Å². The summed E-state index contributed by atoms with van der Waals surface area (Å²) < 4.78 is 13.1. The van der Waals surface area contributed by atoms with Gasteiger partial charge in [0.05, 0.1) is 0 Å². The minimum Gasteiger partial charge on any atom is -0.456 e. The molecule has 0 radical (unpaired) electrons. The molecule has 11 rings (SSSR count). The Balaban J connectivity index is 1.27. The summed E-state index contributed by atoms with van der Waals surface area (Å²) in [4.78, 5) is 0. The van der Waals surface area contributed by atoms with Gasteiger partial charge in [-0.15, -0.1) is 0 Å². The molecule has 0 spiro atoms. The molecule has 0 atom stereocenters. The van der Waals surface area contributed by atoms with E-state index in [4.69, 9.17) is 9.47 Å². The molecule has 0 saturated heterocycles. The van der Waals surface area contributed by atoms with Gasteiger partial charge in [0.25, 0.3) is 0 Å². The SMILES string of the molecule is CC(C)(C)c1ccc2c(-c3ccc4c5c(cccc35)Oc3ccccc3-4)c3ccccc3c(-c3ccc4c5c(cccc35)Oc3ccccc3-4)c2c1. The molecule has 2 heterocycles. The van der Waals surface area contributed by atoms with Crippen molar-refractivity contribution in [1.29, 1.82) is 0 Å². The minimum absolute atomic E-state index is 0.0280. The van der Waals surface area contributed by atoms with Gasteiger partial charge < -0.3 is 9.47 Å². The third kappa shape index (κ3) is 4.06. The van der Waals surface area contributed by atoms with Crippen molar-refractivity contribution in [3.8, 4) is 67.5 Å². The smallest absolute Gasteiger partial charge is 0.135 e. The van der Waals surface area contributed by atoms with Crippen molar-refractivity contribution < 1.29 is 9.47 Å². The topological polar surface area (TPSA) is 18.5 Å². The number of fused-ring (bicyclic) bond motifs is 6. The molecule has 0 amide bonds. The van der Waals surface area contributed by atoms with Gasteiger partial charge >= 0.3 is 0 Å². The van der Waals surface area contributed by atoms with Crippen molar-refractivity contribution in [3.05, 3.63) is 157 Å². The summed E-state index contributed by atoms with van der Waals surface area (Å²) in [7, 11) is 0. The van der Waals surface area contributed by atoms with E-state index >= 15 is 0 Å². The maximum absolute atomic E-state index is 6.54. The van der Waals surface area contributed by atoms with Gasteiger partial charge in [-0.25, -0.2) is 0 Å². The highest BCUT2D eigenvalue weighted by atomic mass is 16.5. The predicted octanol–water partition coefficient (Wildman–Crippen LogP) is 14.5. The lowest BCUT2D eigenvalue weighted by Crippen LogP contribution is -2.10. The molecule has 52 heavy (non-hydrogen) atoms. The van der Waals surface area contributed by atoms with Gasteiger partial charge in [-0.1, -0.05) is 142 Å². The summed E-state index contributed by atoms with van der Waals surface area (Å²) in [6.07, 6.45) is 0. The molecular formula is C50H34O2. The average Bonchev–Trinajstić information content (AvgIpc) is 3.17. The highest BCUT2D eigenvalue weighted by Crippen LogP contribution is 2.54. The number of para-hydroxylation sites is 2. The molecule has 2 aliphatic heterocycles. The van der Waals surface area contributed by atoms with Gasteiger partial charge in [-0.05, 0) is 107 Å². The molecule has 2 aliphatic rings. The lowest BCUT2D eigenvalue weighted by atomic mass is 9.79. The first-order valence-electron chi connectivity index (χ1n) is 18.1. The molecular weight excluding hydrogens is 633 g/mol. The number of rotatable bonds is 2. The Labute approximate surface area is 302 Å². The molecule has 2 nitrogen and oxygen atoms in total. The Kier molecular flexibility index (Phi) is 5.97. The first-order valence-corrected chi connectivity index (χ1v) is 18.1. The van der Waals surface area contributed by atoms with Crippen molar-refractivity contribution in [2.75, 3.05) is 0 Å². The van der Waals surface area contributed by atoms with Crippen LogP contribution in [0.1, 0.15) is 26.3 Å². The average molecular weight is 667 g/mol. The Bertz CT molecular complexity index is 3000. The standard InChI is InChI=1S/C50H34O2/c1-50(2,3)29-22-23-40-41(28-29)47(39-27-25-37-31-13-7-9-19-43(31)52-45-21-11-17-35(39)49(37)45)33-15-5-4-14-32(33)46(40)38-26-24-36-30-12-6-8-18-42(30)51-44-20-10-16-34(38)48(36)44/h4-28H,1-3H3. The number of benzene rings is 9. The fourth-order valence-corrected chi connectivity index (χ4v) is 8.82. The van der Waals surface area contributed by atoms with Crippen LogP contribution < -0.4 is 9.47 Å². The maximum Gasteiger partial charge on any atom is 0.135 e. The Morgan fingerprint density at radius 1 is 0.327 bits per heavy atom. The van der Waals surface area contributed by atoms with Crippen LogP contribution in [0.4, 0.5) is 0 Å². The zero-order chi connectivity index (χ0) is 34.7. The molecule has 0 unspecified atom stereocenters. The van der Waals surface area contributed by atoms with E-state index in [9.17, 15) is 0 Å². The largest absolute Gasteiger partial charge is 0.456 e. The van der Waals surface area contributed by atoms with Gasteiger partial charge in [0.1, 0.15) is 23.0 Å². The number of ether oxygens (including phenoxy) is 2. The van der Waals surface area contributed by atoms with Crippen molar-refractivity contribution in [3.63, 3.8) is 0 Å². The molecule has 0 saturated carbocycles. The van der Waals surface area contributed by atoms with Crippen LogP contribution >= 0.6 is 0 Å². The summed E-state index contributed by atoms with van der Waals surface area (Å²) in [5.74, 6) is 3.61. The zero-order valence-electron chi connectivity index (χ0n) is 29.3. The second-order valence-electron chi connectivity index (χ2n) is 15.2. The fourth-order valence-electron chi connectivity index (χ4n) is 8.82. The molecule has 9 aromatic carbocycles. The van der Waals surface area contributed by atoms with Crippen LogP contribution in [0.2, 0.25) is 0 Å². The Morgan fingerprint density at radius 2 is 0.750 bits per heavy atom. The van der Waals surface area contributed by atoms with Crippen LogP contribution in [0.3, 0.4) is 0 Å². The summed E-state index contributed by atoms with van der Waals surface area (Å²) in [5.41, 5.74) is 10.9. The lowest BCUT2D eigenvalue weighted by Gasteiger charge is -2.26. The number of hydrogen-bond donors (Lipinski definition) is 0. The Morgan fingerprint density at radius 3 is 1.29 bits per heavy atom. The van der Waals surface area contributed by atoms with E-state index in [-0.39, 0.29) is 5.41 Å². The van der Waals surface area contributed by atoms with E-state index in [1.54, 1.807) is 0 Å². The molecule has 0 bridgehead atoms. The van der Waals surface area contributed by atoms with Gasteiger partial charge in [0, 0.05) is 21.9 Å². The second kappa shape index (κ2) is 10.6. The maximum atomic E-state index is 6.54. The predicted molar refractivity (Wildman–Crippen MR) is 217 cm³/mol. The third-order valence-corrected chi connectivity index (χ3v) is 11.2. The lowest BCUT2D eigenvalue weighted by molar-refractivity contribution is 0.487. The zero-order valence-corrected chi connectivity index (χ0v) is 29.3. The molecule has 0 aromatic heterocycles. The summed E-state index contributed by atoms with van der Waals surface area (Å²) in [5, 5.41) is 9.67. The monoisotopic (exact) mass is 666 g/mol. The normalized spacial score (nSPS) is 12.8. The van der Waals surface area contributed by atoms with Gasteiger partial charge in [-0.3, -0.25) is 0 Å².